The Kier molecular flexibility index (Phi) is 8.19. The molecule has 1 fully saturated rings. The zero-order chi connectivity index (χ0) is 20.5. The number of thioether (sulfide) groups is 1. The molecule has 6 nitrogen and oxygen atoms in total. The Bertz CT molecular complexity index is 761. The summed E-state index contributed by atoms with van der Waals surface area (Å²) in [5.41, 5.74) is 1.20. The van der Waals surface area contributed by atoms with E-state index in [0.29, 0.717) is 13.0 Å². The number of likely N-dealkylation sites (tertiary alicyclic amines) is 1. The van der Waals surface area contributed by atoms with Crippen LogP contribution < -0.4 is 10.6 Å². The third kappa shape index (κ3) is 6.11. The van der Waals surface area contributed by atoms with E-state index in [1.807, 2.05) is 24.5 Å². The number of nitrogens with one attached hydrogen (secondary N) is 2. The summed E-state index contributed by atoms with van der Waals surface area (Å²) in [5, 5.41) is 5.90. The van der Waals surface area contributed by atoms with Gasteiger partial charge in [0.05, 0.1) is 12.3 Å². The van der Waals surface area contributed by atoms with E-state index in [2.05, 4.69) is 27.7 Å². The van der Waals surface area contributed by atoms with Gasteiger partial charge in [-0.15, -0.1) is 0 Å². The standard InChI is InChI=1S/C22H29N3O3S/c1-29-15-11-18(24-22(27)20-10-7-14-28-20)21(26)23-16-19(25-12-5-6-13-25)17-8-3-2-4-9-17/h2-4,7-10,14,18-19H,5-6,11-13,15-16H2,1H3,(H,23,26)(H,24,27). The molecule has 1 aliphatic rings. The molecule has 156 valence electrons. The van der Waals surface area contributed by atoms with Gasteiger partial charge in [-0.2, -0.15) is 11.8 Å². The minimum Gasteiger partial charge on any atom is -0.459 e. The SMILES string of the molecule is CSCCC(NC(=O)c1ccco1)C(=O)NCC(c1ccccc1)N1CCCC1. The molecule has 2 unspecified atom stereocenters. The highest BCUT2D eigenvalue weighted by Gasteiger charge is 2.26. The lowest BCUT2D eigenvalue weighted by molar-refractivity contribution is -0.123. The molecule has 2 aromatic rings. The molecule has 0 aliphatic carbocycles. The van der Waals surface area contributed by atoms with Crippen LogP contribution in [0.25, 0.3) is 0 Å². The molecule has 0 radical (unpaired) electrons. The van der Waals surface area contributed by atoms with Crippen LogP contribution in [0.4, 0.5) is 0 Å². The fourth-order valence-electron chi connectivity index (χ4n) is 3.65. The molecule has 0 bridgehead atoms. The van der Waals surface area contributed by atoms with Crippen LogP contribution >= 0.6 is 11.8 Å². The summed E-state index contributed by atoms with van der Waals surface area (Å²) < 4.78 is 5.15. The molecule has 29 heavy (non-hydrogen) atoms. The van der Waals surface area contributed by atoms with Gasteiger partial charge in [0.15, 0.2) is 5.76 Å². The molecule has 0 saturated carbocycles. The number of carbonyl (C=O) groups excluding carboxylic acids is 2. The Labute approximate surface area is 176 Å². The Morgan fingerprint density at radius 2 is 1.90 bits per heavy atom. The Balaban J connectivity index is 1.64. The second-order valence-electron chi connectivity index (χ2n) is 7.20. The van der Waals surface area contributed by atoms with Crippen molar-refractivity contribution < 1.29 is 14.0 Å². The summed E-state index contributed by atoms with van der Waals surface area (Å²) in [7, 11) is 0. The fourth-order valence-corrected chi connectivity index (χ4v) is 4.12. The molecule has 7 heteroatoms. The number of carbonyl (C=O) groups is 2. The van der Waals surface area contributed by atoms with Gasteiger partial charge in [-0.3, -0.25) is 14.5 Å². The Morgan fingerprint density at radius 3 is 2.55 bits per heavy atom. The molecule has 1 aliphatic heterocycles. The first-order valence-electron chi connectivity index (χ1n) is 10.1. The van der Waals surface area contributed by atoms with Crippen molar-refractivity contribution in [1.82, 2.24) is 15.5 Å². The van der Waals surface area contributed by atoms with E-state index in [-0.39, 0.29) is 23.6 Å². The van der Waals surface area contributed by atoms with Crippen molar-refractivity contribution in [3.63, 3.8) is 0 Å². The number of hydrogen-bond donors (Lipinski definition) is 2. The first kappa shape index (κ1) is 21.5. The normalized spacial score (nSPS) is 16.3. The number of amides is 2. The fraction of sp³-hybridized carbons (Fsp3) is 0.455. The average molecular weight is 416 g/mol. The van der Waals surface area contributed by atoms with E-state index < -0.39 is 6.04 Å². The van der Waals surface area contributed by atoms with E-state index in [1.54, 1.807) is 23.9 Å². The lowest BCUT2D eigenvalue weighted by Crippen LogP contribution is -2.49. The summed E-state index contributed by atoms with van der Waals surface area (Å²) >= 11 is 1.65. The minimum atomic E-state index is -0.588. The smallest absolute Gasteiger partial charge is 0.287 e. The summed E-state index contributed by atoms with van der Waals surface area (Å²) in [4.78, 5) is 27.7. The van der Waals surface area contributed by atoms with Gasteiger partial charge in [0.1, 0.15) is 6.04 Å². The number of rotatable bonds is 10. The van der Waals surface area contributed by atoms with Crippen molar-refractivity contribution in [2.45, 2.75) is 31.3 Å². The minimum absolute atomic E-state index is 0.143. The molecular formula is C22H29N3O3S. The largest absolute Gasteiger partial charge is 0.459 e. The van der Waals surface area contributed by atoms with Crippen LogP contribution in [0.3, 0.4) is 0 Å². The number of benzene rings is 1. The second-order valence-corrected chi connectivity index (χ2v) is 8.19. The second kappa shape index (κ2) is 11.1. The van der Waals surface area contributed by atoms with Crippen molar-refractivity contribution in [2.75, 3.05) is 31.6 Å². The zero-order valence-corrected chi connectivity index (χ0v) is 17.6. The molecule has 2 N–H and O–H groups in total. The third-order valence-electron chi connectivity index (χ3n) is 5.21. The van der Waals surface area contributed by atoms with Crippen LogP contribution in [-0.4, -0.2) is 54.4 Å². The van der Waals surface area contributed by atoms with Crippen LogP contribution in [0.2, 0.25) is 0 Å². The molecule has 1 aromatic carbocycles. The summed E-state index contributed by atoms with van der Waals surface area (Å²) in [6, 6.07) is 13.1. The lowest BCUT2D eigenvalue weighted by Gasteiger charge is -2.29. The molecule has 0 spiro atoms. The highest BCUT2D eigenvalue weighted by Crippen LogP contribution is 2.24. The van der Waals surface area contributed by atoms with Gasteiger partial charge in [-0.25, -0.2) is 0 Å². The molecule has 2 atom stereocenters. The first-order chi connectivity index (χ1) is 14.2. The van der Waals surface area contributed by atoms with Gasteiger partial charge in [-0.05, 0) is 62.1 Å². The number of furan rings is 1. The first-order valence-corrected chi connectivity index (χ1v) is 11.5. The van der Waals surface area contributed by atoms with Gasteiger partial charge < -0.3 is 15.1 Å². The maximum Gasteiger partial charge on any atom is 0.287 e. The third-order valence-corrected chi connectivity index (χ3v) is 5.86. The van der Waals surface area contributed by atoms with Gasteiger partial charge in [-0.1, -0.05) is 30.3 Å². The highest BCUT2D eigenvalue weighted by atomic mass is 32.2. The van der Waals surface area contributed by atoms with Gasteiger partial charge in [0.2, 0.25) is 5.91 Å². The lowest BCUT2D eigenvalue weighted by atomic mass is 10.1. The van der Waals surface area contributed by atoms with Crippen molar-refractivity contribution in [2.24, 2.45) is 0 Å². The average Bonchev–Trinajstić information content (AvgIpc) is 3.46. The molecule has 1 aromatic heterocycles. The predicted octanol–water partition coefficient (Wildman–Crippen LogP) is 3.08. The molecule has 1 saturated heterocycles. The summed E-state index contributed by atoms with van der Waals surface area (Å²) in [6.07, 6.45) is 6.38. The Morgan fingerprint density at radius 1 is 1.14 bits per heavy atom. The van der Waals surface area contributed by atoms with Crippen LogP contribution in [0.15, 0.2) is 53.1 Å². The highest BCUT2D eigenvalue weighted by molar-refractivity contribution is 7.98. The van der Waals surface area contributed by atoms with Crippen molar-refractivity contribution in [1.29, 1.82) is 0 Å². The molecule has 2 heterocycles. The van der Waals surface area contributed by atoms with E-state index >= 15 is 0 Å². The molecular weight excluding hydrogens is 386 g/mol. The van der Waals surface area contributed by atoms with Gasteiger partial charge in [0.25, 0.3) is 5.91 Å². The Hall–Kier alpha value is -2.25. The maximum absolute atomic E-state index is 12.9. The van der Waals surface area contributed by atoms with Gasteiger partial charge >= 0.3 is 0 Å². The van der Waals surface area contributed by atoms with Gasteiger partial charge in [0, 0.05) is 6.54 Å². The van der Waals surface area contributed by atoms with E-state index in [1.165, 1.54) is 24.7 Å². The van der Waals surface area contributed by atoms with Crippen molar-refractivity contribution in [3.8, 4) is 0 Å². The molecule has 3 rings (SSSR count). The number of hydrogen-bond acceptors (Lipinski definition) is 5. The quantitative estimate of drug-likeness (QED) is 0.624. The van der Waals surface area contributed by atoms with Crippen molar-refractivity contribution >= 4 is 23.6 Å². The van der Waals surface area contributed by atoms with E-state index in [9.17, 15) is 9.59 Å². The monoisotopic (exact) mass is 415 g/mol. The van der Waals surface area contributed by atoms with Crippen LogP contribution in [-0.2, 0) is 4.79 Å². The van der Waals surface area contributed by atoms with Crippen molar-refractivity contribution in [3.05, 3.63) is 60.1 Å². The summed E-state index contributed by atoms with van der Waals surface area (Å²) in [6.45, 7) is 2.61. The van der Waals surface area contributed by atoms with Crippen LogP contribution in [0, 0.1) is 0 Å². The van der Waals surface area contributed by atoms with Crippen LogP contribution in [0.1, 0.15) is 41.4 Å². The van der Waals surface area contributed by atoms with Crippen LogP contribution in [0.5, 0.6) is 0 Å². The van der Waals surface area contributed by atoms with E-state index in [0.717, 1.165) is 18.8 Å². The zero-order valence-electron chi connectivity index (χ0n) is 16.8. The topological polar surface area (TPSA) is 74.6 Å². The predicted molar refractivity (Wildman–Crippen MR) is 116 cm³/mol. The summed E-state index contributed by atoms with van der Waals surface area (Å²) in [5.74, 6) is 0.478. The number of nitrogens with zero attached hydrogens (tertiary/aromatic N) is 1. The molecule has 2 amide bonds. The maximum atomic E-state index is 12.9. The van der Waals surface area contributed by atoms with E-state index in [4.69, 9.17) is 4.42 Å².